The van der Waals surface area contributed by atoms with E-state index in [1.807, 2.05) is 20.8 Å². The molecular formula is C13H22N2O2S2. The van der Waals surface area contributed by atoms with Crippen LogP contribution in [0.25, 0.3) is 0 Å². The van der Waals surface area contributed by atoms with Gasteiger partial charge in [-0.25, -0.2) is 4.98 Å². The lowest BCUT2D eigenvalue weighted by atomic mass is 10.0. The second-order valence-electron chi connectivity index (χ2n) is 4.78. The Morgan fingerprint density at radius 2 is 2.37 bits per heavy atom. The number of hydrogen-bond donors (Lipinski definition) is 2. The van der Waals surface area contributed by atoms with Crippen LogP contribution in [-0.2, 0) is 10.5 Å². The summed E-state index contributed by atoms with van der Waals surface area (Å²) < 4.78 is 0. The number of nitrogens with one attached hydrogen (secondary N) is 1. The molecule has 108 valence electrons. The van der Waals surface area contributed by atoms with E-state index in [9.17, 15) is 9.90 Å². The predicted molar refractivity (Wildman–Crippen MR) is 81.6 cm³/mol. The Bertz CT molecular complexity index is 403. The van der Waals surface area contributed by atoms with Crippen molar-refractivity contribution in [1.29, 1.82) is 0 Å². The van der Waals surface area contributed by atoms with E-state index in [4.69, 9.17) is 0 Å². The maximum absolute atomic E-state index is 11.7. The molecule has 19 heavy (non-hydrogen) atoms. The van der Waals surface area contributed by atoms with Crippen LogP contribution in [0.2, 0.25) is 0 Å². The Kier molecular flexibility index (Phi) is 6.82. The van der Waals surface area contributed by atoms with Crippen LogP contribution < -0.4 is 5.32 Å². The van der Waals surface area contributed by atoms with Gasteiger partial charge in [-0.15, -0.1) is 11.3 Å². The molecule has 1 amide bonds. The summed E-state index contributed by atoms with van der Waals surface area (Å²) >= 11 is 3.36. The standard InChI is InChI=1S/C13H22N2O2S2/c1-4-13(3,9-16)15-12(17)5-6-18-7-11-8-19-10(2)14-11/h8,16H,4-7,9H2,1-3H3,(H,15,17). The monoisotopic (exact) mass is 302 g/mol. The molecule has 1 heterocycles. The van der Waals surface area contributed by atoms with Crippen LogP contribution >= 0.6 is 23.1 Å². The lowest BCUT2D eigenvalue weighted by Gasteiger charge is -2.27. The van der Waals surface area contributed by atoms with Crippen molar-refractivity contribution in [3.05, 3.63) is 16.1 Å². The van der Waals surface area contributed by atoms with Crippen molar-refractivity contribution < 1.29 is 9.90 Å². The van der Waals surface area contributed by atoms with E-state index in [0.717, 1.165) is 28.6 Å². The predicted octanol–water partition coefficient (Wildman–Crippen LogP) is 2.35. The molecule has 1 atom stereocenters. The molecule has 1 rings (SSSR count). The van der Waals surface area contributed by atoms with Gasteiger partial charge in [0.05, 0.1) is 22.8 Å². The summed E-state index contributed by atoms with van der Waals surface area (Å²) in [5, 5.41) is 15.2. The fourth-order valence-corrected chi connectivity index (χ4v) is 3.00. The molecule has 0 bridgehead atoms. The summed E-state index contributed by atoms with van der Waals surface area (Å²) in [5.41, 5.74) is 0.593. The maximum Gasteiger partial charge on any atom is 0.221 e. The van der Waals surface area contributed by atoms with Crippen LogP contribution in [0.3, 0.4) is 0 Å². The van der Waals surface area contributed by atoms with E-state index < -0.39 is 5.54 Å². The van der Waals surface area contributed by atoms with Gasteiger partial charge in [0.1, 0.15) is 0 Å². The number of carbonyl (C=O) groups is 1. The number of aromatic nitrogens is 1. The molecule has 2 N–H and O–H groups in total. The van der Waals surface area contributed by atoms with Crippen LogP contribution in [0.4, 0.5) is 0 Å². The topological polar surface area (TPSA) is 62.2 Å². The number of hydrogen-bond acceptors (Lipinski definition) is 5. The molecule has 0 saturated carbocycles. The Balaban J connectivity index is 2.20. The number of aliphatic hydroxyl groups is 1. The summed E-state index contributed by atoms with van der Waals surface area (Å²) in [6.45, 7) is 5.78. The molecule has 4 nitrogen and oxygen atoms in total. The summed E-state index contributed by atoms with van der Waals surface area (Å²) in [5.74, 6) is 1.62. The first kappa shape index (κ1) is 16.5. The van der Waals surface area contributed by atoms with Gasteiger partial charge in [0.15, 0.2) is 0 Å². The molecule has 1 aromatic rings. The lowest BCUT2D eigenvalue weighted by molar-refractivity contribution is -0.123. The Morgan fingerprint density at radius 3 is 2.89 bits per heavy atom. The van der Waals surface area contributed by atoms with Crippen molar-refractivity contribution in [3.63, 3.8) is 0 Å². The van der Waals surface area contributed by atoms with E-state index in [-0.39, 0.29) is 12.5 Å². The normalized spacial score (nSPS) is 14.1. The van der Waals surface area contributed by atoms with Gasteiger partial charge in [-0.1, -0.05) is 6.92 Å². The molecule has 1 aromatic heterocycles. The van der Waals surface area contributed by atoms with E-state index in [1.165, 1.54) is 0 Å². The van der Waals surface area contributed by atoms with Gasteiger partial charge >= 0.3 is 0 Å². The third-order valence-corrected chi connectivity index (χ3v) is 4.78. The molecular weight excluding hydrogens is 280 g/mol. The number of thioether (sulfide) groups is 1. The quantitative estimate of drug-likeness (QED) is 0.724. The Morgan fingerprint density at radius 1 is 1.63 bits per heavy atom. The molecule has 6 heteroatoms. The highest BCUT2D eigenvalue weighted by Gasteiger charge is 2.22. The van der Waals surface area contributed by atoms with Gasteiger partial charge < -0.3 is 10.4 Å². The molecule has 0 aliphatic rings. The number of rotatable bonds is 8. The van der Waals surface area contributed by atoms with Crippen molar-refractivity contribution >= 4 is 29.0 Å². The highest BCUT2D eigenvalue weighted by molar-refractivity contribution is 7.98. The van der Waals surface area contributed by atoms with E-state index in [0.29, 0.717) is 6.42 Å². The SMILES string of the molecule is CCC(C)(CO)NC(=O)CCSCc1csc(C)n1. The molecule has 0 fully saturated rings. The molecule has 0 aliphatic heterocycles. The van der Waals surface area contributed by atoms with Crippen LogP contribution in [-0.4, -0.2) is 33.9 Å². The fraction of sp³-hybridized carbons (Fsp3) is 0.692. The number of thiazole rings is 1. The first-order valence-corrected chi connectivity index (χ1v) is 8.43. The van der Waals surface area contributed by atoms with Gasteiger partial charge in [-0.2, -0.15) is 11.8 Å². The first-order valence-electron chi connectivity index (χ1n) is 6.39. The third kappa shape index (κ3) is 5.93. The van der Waals surface area contributed by atoms with Crippen LogP contribution in [0.15, 0.2) is 5.38 Å². The molecule has 0 spiro atoms. The highest BCUT2D eigenvalue weighted by atomic mass is 32.2. The smallest absolute Gasteiger partial charge is 0.221 e. The minimum atomic E-state index is -0.492. The zero-order chi connectivity index (χ0) is 14.3. The van der Waals surface area contributed by atoms with Gasteiger partial charge in [0.25, 0.3) is 0 Å². The Labute approximate surface area is 123 Å². The maximum atomic E-state index is 11.7. The zero-order valence-electron chi connectivity index (χ0n) is 11.7. The van der Waals surface area contributed by atoms with Gasteiger partial charge in [0.2, 0.25) is 5.91 Å². The number of aryl methyl sites for hydroxylation is 1. The minimum Gasteiger partial charge on any atom is -0.394 e. The highest BCUT2D eigenvalue weighted by Crippen LogP contribution is 2.16. The lowest BCUT2D eigenvalue weighted by Crippen LogP contribution is -2.48. The second kappa shape index (κ2) is 7.87. The fourth-order valence-electron chi connectivity index (χ4n) is 1.45. The van der Waals surface area contributed by atoms with Gasteiger partial charge in [-0.3, -0.25) is 4.79 Å². The van der Waals surface area contributed by atoms with Gasteiger partial charge in [0, 0.05) is 23.3 Å². The van der Waals surface area contributed by atoms with Crippen LogP contribution in [0.1, 0.15) is 37.4 Å². The van der Waals surface area contributed by atoms with E-state index >= 15 is 0 Å². The third-order valence-electron chi connectivity index (χ3n) is 2.96. The summed E-state index contributed by atoms with van der Waals surface area (Å²) in [7, 11) is 0. The first-order chi connectivity index (χ1) is 8.99. The molecule has 0 aromatic carbocycles. The molecule has 0 saturated heterocycles. The van der Waals surface area contributed by atoms with Crippen molar-refractivity contribution in [2.45, 2.75) is 44.9 Å². The van der Waals surface area contributed by atoms with Crippen LogP contribution in [0, 0.1) is 6.92 Å². The van der Waals surface area contributed by atoms with Crippen molar-refractivity contribution in [2.75, 3.05) is 12.4 Å². The molecule has 0 aliphatic carbocycles. The zero-order valence-corrected chi connectivity index (χ0v) is 13.4. The second-order valence-corrected chi connectivity index (χ2v) is 6.95. The Hall–Kier alpha value is -0.590. The number of amides is 1. The van der Waals surface area contributed by atoms with E-state index in [2.05, 4.69) is 15.7 Å². The van der Waals surface area contributed by atoms with Crippen LogP contribution in [0.5, 0.6) is 0 Å². The number of nitrogens with zero attached hydrogens (tertiary/aromatic N) is 1. The summed E-state index contributed by atoms with van der Waals surface area (Å²) in [6, 6.07) is 0. The molecule has 1 unspecified atom stereocenters. The molecule has 0 radical (unpaired) electrons. The van der Waals surface area contributed by atoms with Crippen molar-refractivity contribution in [3.8, 4) is 0 Å². The number of carbonyl (C=O) groups excluding carboxylic acids is 1. The summed E-state index contributed by atoms with van der Waals surface area (Å²) in [4.78, 5) is 16.1. The average molecular weight is 302 g/mol. The van der Waals surface area contributed by atoms with Gasteiger partial charge in [-0.05, 0) is 20.3 Å². The van der Waals surface area contributed by atoms with E-state index in [1.54, 1.807) is 23.1 Å². The summed E-state index contributed by atoms with van der Waals surface area (Å²) in [6.07, 6.45) is 1.20. The average Bonchev–Trinajstić information content (AvgIpc) is 2.80. The largest absolute Gasteiger partial charge is 0.394 e. The number of aliphatic hydroxyl groups excluding tert-OH is 1. The van der Waals surface area contributed by atoms with Crippen molar-refractivity contribution in [1.82, 2.24) is 10.3 Å². The van der Waals surface area contributed by atoms with Crippen molar-refractivity contribution in [2.24, 2.45) is 0 Å². The minimum absolute atomic E-state index is 0.000332.